The van der Waals surface area contributed by atoms with E-state index in [1.165, 1.54) is 17.4 Å². The summed E-state index contributed by atoms with van der Waals surface area (Å²) in [5.74, 6) is 0.523. The van der Waals surface area contributed by atoms with Crippen molar-refractivity contribution in [3.63, 3.8) is 0 Å². The normalized spacial score (nSPS) is 11.0. The highest BCUT2D eigenvalue weighted by molar-refractivity contribution is 7.07. The third kappa shape index (κ3) is 4.58. The molecule has 0 unspecified atom stereocenters. The van der Waals surface area contributed by atoms with Crippen LogP contribution < -0.4 is 10.1 Å². The highest BCUT2D eigenvalue weighted by Gasteiger charge is 2.06. The number of nitrogens with zero attached hydrogens (tertiary/aromatic N) is 1. The molecule has 0 aliphatic carbocycles. The number of thiazole rings is 1. The zero-order chi connectivity index (χ0) is 14.4. The predicted molar refractivity (Wildman–Crippen MR) is 79.4 cm³/mol. The molecule has 1 N–H and O–H groups in total. The molecule has 0 amide bonds. The maximum absolute atomic E-state index is 13.9. The van der Waals surface area contributed by atoms with Gasteiger partial charge in [-0.05, 0) is 30.2 Å². The third-order valence-corrected chi connectivity index (χ3v) is 3.37. The van der Waals surface area contributed by atoms with Gasteiger partial charge in [-0.3, -0.25) is 0 Å². The van der Waals surface area contributed by atoms with Crippen LogP contribution in [0.2, 0.25) is 0 Å². The van der Waals surface area contributed by atoms with Crippen LogP contribution in [0.4, 0.5) is 4.39 Å². The van der Waals surface area contributed by atoms with E-state index in [1.54, 1.807) is 11.6 Å². The lowest BCUT2D eigenvalue weighted by molar-refractivity contribution is 0.286. The zero-order valence-electron chi connectivity index (χ0n) is 11.7. The van der Waals surface area contributed by atoms with Gasteiger partial charge in [-0.1, -0.05) is 19.9 Å². The molecule has 108 valence electrons. The molecule has 1 aromatic heterocycles. The Morgan fingerprint density at radius 1 is 1.40 bits per heavy atom. The fourth-order valence-electron chi connectivity index (χ4n) is 1.74. The Hall–Kier alpha value is -1.46. The SMILES string of the molecule is CC(C)CNCc1ccc(OCc2cscn2)c(F)c1. The lowest BCUT2D eigenvalue weighted by Gasteiger charge is -2.10. The van der Waals surface area contributed by atoms with Crippen LogP contribution in [0.1, 0.15) is 25.1 Å². The van der Waals surface area contributed by atoms with Crippen LogP contribution in [-0.2, 0) is 13.2 Å². The van der Waals surface area contributed by atoms with Crippen molar-refractivity contribution in [3.05, 3.63) is 46.2 Å². The highest BCUT2D eigenvalue weighted by atomic mass is 32.1. The quantitative estimate of drug-likeness (QED) is 0.847. The van der Waals surface area contributed by atoms with Gasteiger partial charge >= 0.3 is 0 Å². The first-order valence-corrected chi connectivity index (χ1v) is 7.58. The lowest BCUT2D eigenvalue weighted by Crippen LogP contribution is -2.19. The molecule has 3 nitrogen and oxygen atoms in total. The van der Waals surface area contributed by atoms with Crippen LogP contribution >= 0.6 is 11.3 Å². The third-order valence-electron chi connectivity index (χ3n) is 2.74. The molecule has 5 heteroatoms. The van der Waals surface area contributed by atoms with Crippen molar-refractivity contribution in [2.45, 2.75) is 27.0 Å². The second kappa shape index (κ2) is 7.36. The van der Waals surface area contributed by atoms with E-state index < -0.39 is 0 Å². The summed E-state index contributed by atoms with van der Waals surface area (Å²) in [5, 5.41) is 5.18. The van der Waals surface area contributed by atoms with Gasteiger partial charge in [-0.2, -0.15) is 0 Å². The molecular formula is C15H19FN2OS. The number of rotatable bonds is 7. The van der Waals surface area contributed by atoms with Gasteiger partial charge in [0.15, 0.2) is 11.6 Å². The van der Waals surface area contributed by atoms with E-state index in [4.69, 9.17) is 4.74 Å². The van der Waals surface area contributed by atoms with Gasteiger partial charge < -0.3 is 10.1 Å². The van der Waals surface area contributed by atoms with E-state index in [0.717, 1.165) is 17.8 Å². The molecule has 0 spiro atoms. The average molecular weight is 294 g/mol. The van der Waals surface area contributed by atoms with E-state index in [2.05, 4.69) is 24.1 Å². The van der Waals surface area contributed by atoms with Gasteiger partial charge in [0.2, 0.25) is 0 Å². The van der Waals surface area contributed by atoms with Crippen molar-refractivity contribution >= 4 is 11.3 Å². The molecule has 0 aliphatic heterocycles. The number of benzene rings is 1. The van der Waals surface area contributed by atoms with Crippen LogP contribution in [-0.4, -0.2) is 11.5 Å². The number of hydrogen-bond acceptors (Lipinski definition) is 4. The summed E-state index contributed by atoms with van der Waals surface area (Å²) < 4.78 is 19.3. The summed E-state index contributed by atoms with van der Waals surface area (Å²) >= 11 is 1.50. The number of nitrogens with one attached hydrogen (secondary N) is 1. The second-order valence-electron chi connectivity index (χ2n) is 5.06. The van der Waals surface area contributed by atoms with Crippen LogP contribution in [0.5, 0.6) is 5.75 Å². The van der Waals surface area contributed by atoms with Gasteiger partial charge in [-0.25, -0.2) is 9.37 Å². The van der Waals surface area contributed by atoms with Crippen molar-refractivity contribution in [1.82, 2.24) is 10.3 Å². The summed E-state index contributed by atoms with van der Waals surface area (Å²) in [4.78, 5) is 4.10. The summed E-state index contributed by atoms with van der Waals surface area (Å²) in [6.45, 7) is 6.17. The van der Waals surface area contributed by atoms with Crippen LogP contribution in [0.25, 0.3) is 0 Å². The topological polar surface area (TPSA) is 34.1 Å². The van der Waals surface area contributed by atoms with Crippen LogP contribution in [0.15, 0.2) is 29.1 Å². The molecule has 0 aliphatic rings. The molecule has 0 atom stereocenters. The second-order valence-corrected chi connectivity index (χ2v) is 5.78. The van der Waals surface area contributed by atoms with E-state index in [9.17, 15) is 4.39 Å². The number of ether oxygens (including phenoxy) is 1. The highest BCUT2D eigenvalue weighted by Crippen LogP contribution is 2.19. The first kappa shape index (κ1) is 14.9. The van der Waals surface area contributed by atoms with Gasteiger partial charge in [-0.15, -0.1) is 11.3 Å². The molecule has 0 saturated carbocycles. The predicted octanol–water partition coefficient (Wildman–Crippen LogP) is 3.61. The Labute approximate surface area is 122 Å². The molecule has 20 heavy (non-hydrogen) atoms. The van der Waals surface area contributed by atoms with Gasteiger partial charge in [0.1, 0.15) is 6.61 Å². The first-order valence-electron chi connectivity index (χ1n) is 6.64. The lowest BCUT2D eigenvalue weighted by atomic mass is 10.2. The van der Waals surface area contributed by atoms with E-state index in [0.29, 0.717) is 19.1 Å². The molecule has 0 fully saturated rings. The summed E-state index contributed by atoms with van der Waals surface area (Å²) in [5.41, 5.74) is 3.47. The maximum Gasteiger partial charge on any atom is 0.165 e. The minimum Gasteiger partial charge on any atom is -0.484 e. The standard InChI is InChI=1S/C15H19FN2OS/c1-11(2)6-17-7-12-3-4-15(14(16)5-12)19-8-13-9-20-10-18-13/h3-5,9-11,17H,6-8H2,1-2H3. The van der Waals surface area contributed by atoms with Crippen molar-refractivity contribution in [2.75, 3.05) is 6.54 Å². The maximum atomic E-state index is 13.9. The largest absolute Gasteiger partial charge is 0.484 e. The number of hydrogen-bond donors (Lipinski definition) is 1. The van der Waals surface area contributed by atoms with Gasteiger partial charge in [0, 0.05) is 11.9 Å². The summed E-state index contributed by atoms with van der Waals surface area (Å²) in [7, 11) is 0. The first-order chi connectivity index (χ1) is 9.65. The molecule has 0 bridgehead atoms. The van der Waals surface area contributed by atoms with E-state index in [1.807, 2.05) is 11.4 Å². The molecule has 2 aromatic rings. The minimum atomic E-state index is -0.330. The summed E-state index contributed by atoms with van der Waals surface area (Å²) in [6, 6.07) is 5.07. The Bertz CT molecular complexity index is 529. The Morgan fingerprint density at radius 3 is 2.90 bits per heavy atom. The monoisotopic (exact) mass is 294 g/mol. The minimum absolute atomic E-state index is 0.269. The van der Waals surface area contributed by atoms with Crippen molar-refractivity contribution in [1.29, 1.82) is 0 Å². The molecule has 1 heterocycles. The molecule has 1 aromatic carbocycles. The fourth-order valence-corrected chi connectivity index (χ4v) is 2.28. The van der Waals surface area contributed by atoms with Crippen LogP contribution in [0.3, 0.4) is 0 Å². The van der Waals surface area contributed by atoms with Crippen molar-refractivity contribution < 1.29 is 9.13 Å². The Morgan fingerprint density at radius 2 is 2.25 bits per heavy atom. The Balaban J connectivity index is 1.88. The number of aromatic nitrogens is 1. The molecular weight excluding hydrogens is 275 g/mol. The van der Waals surface area contributed by atoms with Crippen molar-refractivity contribution in [3.8, 4) is 5.75 Å². The van der Waals surface area contributed by atoms with Crippen LogP contribution in [0, 0.1) is 11.7 Å². The molecule has 2 rings (SSSR count). The van der Waals surface area contributed by atoms with Gasteiger partial charge in [0.25, 0.3) is 0 Å². The van der Waals surface area contributed by atoms with E-state index >= 15 is 0 Å². The zero-order valence-corrected chi connectivity index (χ0v) is 12.5. The number of halogens is 1. The van der Waals surface area contributed by atoms with Gasteiger partial charge in [0.05, 0.1) is 11.2 Å². The van der Waals surface area contributed by atoms with Crippen molar-refractivity contribution in [2.24, 2.45) is 5.92 Å². The Kier molecular flexibility index (Phi) is 5.49. The van der Waals surface area contributed by atoms with E-state index in [-0.39, 0.29) is 11.6 Å². The molecule has 0 radical (unpaired) electrons. The summed E-state index contributed by atoms with van der Waals surface area (Å²) in [6.07, 6.45) is 0. The average Bonchev–Trinajstić information content (AvgIpc) is 2.90. The smallest absolute Gasteiger partial charge is 0.165 e. The molecule has 0 saturated heterocycles. The fraction of sp³-hybridized carbons (Fsp3) is 0.400.